The predicted octanol–water partition coefficient (Wildman–Crippen LogP) is 4.13. The SMILES string of the molecule is CC[C@H](NC(=S)Nc1cccc(OC)c1)c1ccccc1. The standard InChI is InChI=1S/C17H20N2OS/c1-3-16(13-8-5-4-6-9-13)19-17(21)18-14-10-7-11-15(12-14)20-2/h4-12,16H,3H2,1-2H3,(H2,18,19,21)/t16-/m0/s1. The van der Waals surface area contributed by atoms with Gasteiger partial charge in [0.15, 0.2) is 5.11 Å². The number of nitrogens with one attached hydrogen (secondary N) is 2. The van der Waals surface area contributed by atoms with Crippen molar-refractivity contribution in [3.63, 3.8) is 0 Å². The Balaban J connectivity index is 2.00. The lowest BCUT2D eigenvalue weighted by atomic mass is 10.1. The molecular weight excluding hydrogens is 280 g/mol. The average Bonchev–Trinajstić information content (AvgIpc) is 2.53. The maximum Gasteiger partial charge on any atom is 0.171 e. The summed E-state index contributed by atoms with van der Waals surface area (Å²) in [5.41, 5.74) is 2.14. The Labute approximate surface area is 131 Å². The minimum absolute atomic E-state index is 0.205. The van der Waals surface area contributed by atoms with Crippen molar-refractivity contribution >= 4 is 23.0 Å². The minimum atomic E-state index is 0.205. The van der Waals surface area contributed by atoms with E-state index < -0.39 is 0 Å². The van der Waals surface area contributed by atoms with E-state index in [2.05, 4.69) is 29.7 Å². The summed E-state index contributed by atoms with van der Waals surface area (Å²) in [6.45, 7) is 2.14. The molecule has 0 amide bonds. The van der Waals surface area contributed by atoms with Crippen LogP contribution in [-0.2, 0) is 0 Å². The number of benzene rings is 2. The summed E-state index contributed by atoms with van der Waals surface area (Å²) in [7, 11) is 1.65. The zero-order valence-corrected chi connectivity index (χ0v) is 13.1. The van der Waals surface area contributed by atoms with E-state index >= 15 is 0 Å². The van der Waals surface area contributed by atoms with Crippen molar-refractivity contribution in [3.05, 3.63) is 60.2 Å². The zero-order chi connectivity index (χ0) is 15.1. The van der Waals surface area contributed by atoms with Crippen LogP contribution in [0.3, 0.4) is 0 Å². The highest BCUT2D eigenvalue weighted by atomic mass is 32.1. The lowest BCUT2D eigenvalue weighted by Crippen LogP contribution is -2.32. The summed E-state index contributed by atoms with van der Waals surface area (Å²) in [5.74, 6) is 0.804. The van der Waals surface area contributed by atoms with Crippen LogP contribution < -0.4 is 15.4 Å². The van der Waals surface area contributed by atoms with Crippen molar-refractivity contribution in [2.45, 2.75) is 19.4 Å². The Hall–Kier alpha value is -2.07. The fraction of sp³-hybridized carbons (Fsp3) is 0.235. The second kappa shape index (κ2) is 7.64. The van der Waals surface area contributed by atoms with E-state index in [0.29, 0.717) is 5.11 Å². The Kier molecular flexibility index (Phi) is 5.58. The van der Waals surface area contributed by atoms with Crippen LogP contribution in [0.1, 0.15) is 24.9 Å². The van der Waals surface area contributed by atoms with Gasteiger partial charge in [-0.05, 0) is 36.3 Å². The van der Waals surface area contributed by atoms with E-state index in [-0.39, 0.29) is 6.04 Å². The molecule has 0 aliphatic carbocycles. The molecule has 2 aromatic carbocycles. The molecule has 0 unspecified atom stereocenters. The summed E-state index contributed by atoms with van der Waals surface area (Å²) < 4.78 is 5.20. The largest absolute Gasteiger partial charge is 0.497 e. The maximum atomic E-state index is 5.40. The summed E-state index contributed by atoms with van der Waals surface area (Å²) in [5, 5.41) is 7.15. The molecule has 0 fully saturated rings. The molecule has 0 aromatic heterocycles. The topological polar surface area (TPSA) is 33.3 Å². The van der Waals surface area contributed by atoms with Crippen LogP contribution >= 0.6 is 12.2 Å². The molecule has 2 aromatic rings. The van der Waals surface area contributed by atoms with Crippen LogP contribution in [0.25, 0.3) is 0 Å². The molecule has 2 N–H and O–H groups in total. The summed E-state index contributed by atoms with van der Waals surface area (Å²) in [6.07, 6.45) is 0.962. The number of ether oxygens (including phenoxy) is 1. The first-order valence-electron chi connectivity index (χ1n) is 6.99. The number of hydrogen-bond donors (Lipinski definition) is 2. The van der Waals surface area contributed by atoms with E-state index in [1.54, 1.807) is 7.11 Å². The van der Waals surface area contributed by atoms with E-state index in [0.717, 1.165) is 17.9 Å². The lowest BCUT2D eigenvalue weighted by Gasteiger charge is -2.20. The monoisotopic (exact) mass is 300 g/mol. The second-order valence-corrected chi connectivity index (χ2v) is 5.11. The predicted molar refractivity (Wildman–Crippen MR) is 91.8 cm³/mol. The van der Waals surface area contributed by atoms with Crippen molar-refractivity contribution in [1.82, 2.24) is 5.32 Å². The van der Waals surface area contributed by atoms with Gasteiger partial charge in [0.2, 0.25) is 0 Å². The molecule has 110 valence electrons. The molecule has 4 heteroatoms. The fourth-order valence-electron chi connectivity index (χ4n) is 2.13. The molecule has 0 bridgehead atoms. The van der Waals surface area contributed by atoms with Crippen LogP contribution in [0.4, 0.5) is 5.69 Å². The first kappa shape index (κ1) is 15.3. The average molecular weight is 300 g/mol. The van der Waals surface area contributed by atoms with Gasteiger partial charge in [0, 0.05) is 11.8 Å². The zero-order valence-electron chi connectivity index (χ0n) is 12.3. The summed E-state index contributed by atoms with van der Waals surface area (Å²) in [6, 6.07) is 18.2. The van der Waals surface area contributed by atoms with Crippen LogP contribution in [0.15, 0.2) is 54.6 Å². The molecule has 2 rings (SSSR count). The van der Waals surface area contributed by atoms with E-state index in [4.69, 9.17) is 17.0 Å². The van der Waals surface area contributed by atoms with E-state index in [9.17, 15) is 0 Å². The third-order valence-corrected chi connectivity index (χ3v) is 3.46. The van der Waals surface area contributed by atoms with Gasteiger partial charge < -0.3 is 15.4 Å². The fourth-order valence-corrected chi connectivity index (χ4v) is 2.39. The quantitative estimate of drug-likeness (QED) is 0.813. The van der Waals surface area contributed by atoms with Gasteiger partial charge in [-0.25, -0.2) is 0 Å². The van der Waals surface area contributed by atoms with Gasteiger partial charge in [0.1, 0.15) is 5.75 Å². The molecule has 21 heavy (non-hydrogen) atoms. The smallest absolute Gasteiger partial charge is 0.171 e. The number of methoxy groups -OCH3 is 1. The molecule has 1 atom stereocenters. The third kappa shape index (κ3) is 4.46. The van der Waals surface area contributed by atoms with Crippen molar-refractivity contribution in [3.8, 4) is 5.75 Å². The molecule has 0 radical (unpaired) electrons. The summed E-state index contributed by atoms with van der Waals surface area (Å²) in [4.78, 5) is 0. The maximum absolute atomic E-state index is 5.40. The van der Waals surface area contributed by atoms with Crippen molar-refractivity contribution in [1.29, 1.82) is 0 Å². The highest BCUT2D eigenvalue weighted by molar-refractivity contribution is 7.80. The molecule has 3 nitrogen and oxygen atoms in total. The van der Waals surface area contributed by atoms with Gasteiger partial charge >= 0.3 is 0 Å². The minimum Gasteiger partial charge on any atom is -0.497 e. The van der Waals surface area contributed by atoms with E-state index in [1.165, 1.54) is 5.56 Å². The Morgan fingerprint density at radius 2 is 1.90 bits per heavy atom. The normalized spacial score (nSPS) is 11.5. The summed E-state index contributed by atoms with van der Waals surface area (Å²) >= 11 is 5.40. The van der Waals surface area contributed by atoms with Crippen LogP contribution in [0, 0.1) is 0 Å². The van der Waals surface area contributed by atoms with E-state index in [1.807, 2.05) is 42.5 Å². The number of hydrogen-bond acceptors (Lipinski definition) is 2. The highest BCUT2D eigenvalue weighted by Crippen LogP contribution is 2.18. The number of thiocarbonyl (C=S) groups is 1. The van der Waals surface area contributed by atoms with Crippen LogP contribution in [0.2, 0.25) is 0 Å². The molecule has 0 saturated heterocycles. The van der Waals surface area contributed by atoms with Crippen LogP contribution in [0.5, 0.6) is 5.75 Å². The number of anilines is 1. The molecule has 0 saturated carbocycles. The molecular formula is C17H20N2OS. The van der Waals surface area contributed by atoms with Crippen molar-refractivity contribution in [2.75, 3.05) is 12.4 Å². The lowest BCUT2D eigenvalue weighted by molar-refractivity contribution is 0.415. The highest BCUT2D eigenvalue weighted by Gasteiger charge is 2.10. The van der Waals surface area contributed by atoms with Gasteiger partial charge in [0.05, 0.1) is 13.2 Å². The van der Waals surface area contributed by atoms with Crippen molar-refractivity contribution in [2.24, 2.45) is 0 Å². The molecule has 0 aliphatic heterocycles. The second-order valence-electron chi connectivity index (χ2n) is 4.70. The van der Waals surface area contributed by atoms with Gasteiger partial charge in [-0.1, -0.05) is 43.3 Å². The Bertz CT molecular complexity index is 586. The Morgan fingerprint density at radius 1 is 1.14 bits per heavy atom. The Morgan fingerprint density at radius 3 is 2.57 bits per heavy atom. The molecule has 0 spiro atoms. The first-order chi connectivity index (χ1) is 10.2. The van der Waals surface area contributed by atoms with Gasteiger partial charge in [-0.2, -0.15) is 0 Å². The number of rotatable bonds is 5. The van der Waals surface area contributed by atoms with Crippen LogP contribution in [-0.4, -0.2) is 12.2 Å². The molecule has 0 heterocycles. The third-order valence-electron chi connectivity index (χ3n) is 3.24. The van der Waals surface area contributed by atoms with Gasteiger partial charge in [0.25, 0.3) is 0 Å². The van der Waals surface area contributed by atoms with Crippen molar-refractivity contribution < 1.29 is 4.74 Å². The van der Waals surface area contributed by atoms with Gasteiger partial charge in [-0.3, -0.25) is 0 Å². The van der Waals surface area contributed by atoms with Gasteiger partial charge in [-0.15, -0.1) is 0 Å². The first-order valence-corrected chi connectivity index (χ1v) is 7.40. The molecule has 0 aliphatic rings.